The minimum absolute atomic E-state index is 0.0891. The molecular weight excluding hydrogens is 180 g/mol. The average molecular weight is 187 g/mol. The van der Waals surface area contributed by atoms with Gasteiger partial charge in [0.1, 0.15) is 4.90 Å². The maximum absolute atomic E-state index is 10.6. The first-order chi connectivity index (χ1) is 5.41. The van der Waals surface area contributed by atoms with E-state index < -0.39 is 10.1 Å². The zero-order chi connectivity index (χ0) is 9.35. The highest BCUT2D eigenvalue weighted by molar-refractivity contribution is 7.86. The van der Waals surface area contributed by atoms with Crippen LogP contribution < -0.4 is 11.5 Å². The molecule has 0 aliphatic rings. The molecule has 0 fully saturated rings. The molecule has 0 aliphatic carbocycles. The quantitative estimate of drug-likeness (QED) is 0.420. The summed E-state index contributed by atoms with van der Waals surface area (Å²) in [7, 11) is -4.26. The van der Waals surface area contributed by atoms with E-state index in [0.717, 1.165) is 6.07 Å². The van der Waals surface area contributed by atoms with Gasteiger partial charge in [0.25, 0.3) is 10.1 Å². The van der Waals surface area contributed by atoms with Gasteiger partial charge in [-0.05, 0) is 12.1 Å². The van der Waals surface area contributed by atoms with Crippen LogP contribution in [0.3, 0.4) is 0 Å². The van der Waals surface area contributed by atoms with Gasteiger partial charge in [0, 0.05) is 11.8 Å². The van der Waals surface area contributed by atoms with E-state index in [2.05, 4.69) is 6.07 Å². The van der Waals surface area contributed by atoms with Gasteiger partial charge in [0.2, 0.25) is 0 Å². The fourth-order valence-electron chi connectivity index (χ4n) is 0.736. The molecule has 0 atom stereocenters. The van der Waals surface area contributed by atoms with Crippen LogP contribution >= 0.6 is 0 Å². The van der Waals surface area contributed by atoms with Crippen LogP contribution in [0.5, 0.6) is 0 Å². The summed E-state index contributed by atoms with van der Waals surface area (Å²) in [6.07, 6.45) is 0. The van der Waals surface area contributed by atoms with Gasteiger partial charge < -0.3 is 11.5 Å². The Kier molecular flexibility index (Phi) is 1.95. The van der Waals surface area contributed by atoms with Crippen molar-refractivity contribution in [2.24, 2.45) is 0 Å². The lowest BCUT2D eigenvalue weighted by atomic mass is 10.3. The number of hydrogen-bond acceptors (Lipinski definition) is 4. The van der Waals surface area contributed by atoms with Crippen LogP contribution in [0.4, 0.5) is 11.4 Å². The summed E-state index contributed by atoms with van der Waals surface area (Å²) in [5.74, 6) is 0. The normalized spacial score (nSPS) is 11.4. The molecule has 0 unspecified atom stereocenters. The molecule has 0 aliphatic heterocycles. The highest BCUT2D eigenvalue weighted by Gasteiger charge is 2.12. The Balaban J connectivity index is 3.39. The van der Waals surface area contributed by atoms with Crippen LogP contribution in [0.1, 0.15) is 0 Å². The molecule has 65 valence electrons. The van der Waals surface area contributed by atoms with Gasteiger partial charge in [-0.2, -0.15) is 8.42 Å². The summed E-state index contributed by atoms with van der Waals surface area (Å²) in [5.41, 5.74) is 10.7. The summed E-state index contributed by atoms with van der Waals surface area (Å²) in [5, 5.41) is 0. The van der Waals surface area contributed by atoms with Crippen molar-refractivity contribution in [3.63, 3.8) is 0 Å². The standard InChI is InChI=1S/C6H7N2O3S/c7-4-1-2-6(5(8)3-4)12(9,10)11/h2-3H,7-8H2,(H,9,10,11). The number of benzene rings is 1. The largest absolute Gasteiger partial charge is 0.398 e. The molecule has 0 saturated heterocycles. The topological polar surface area (TPSA) is 106 Å². The van der Waals surface area contributed by atoms with E-state index >= 15 is 0 Å². The molecule has 1 rings (SSSR count). The van der Waals surface area contributed by atoms with Crippen LogP contribution in [-0.2, 0) is 10.1 Å². The summed E-state index contributed by atoms with van der Waals surface area (Å²) in [6, 6.07) is 4.65. The minimum Gasteiger partial charge on any atom is -0.398 e. The van der Waals surface area contributed by atoms with E-state index in [1.54, 1.807) is 0 Å². The number of nitrogen functional groups attached to an aromatic ring is 2. The number of rotatable bonds is 1. The molecule has 0 spiro atoms. The summed E-state index contributed by atoms with van der Waals surface area (Å²) in [6.45, 7) is 0. The van der Waals surface area contributed by atoms with Crippen molar-refractivity contribution in [3.05, 3.63) is 18.2 Å². The van der Waals surface area contributed by atoms with Crippen LogP contribution in [-0.4, -0.2) is 13.0 Å². The second kappa shape index (κ2) is 2.65. The lowest BCUT2D eigenvalue weighted by Gasteiger charge is -2.01. The fourth-order valence-corrected chi connectivity index (χ4v) is 1.30. The molecule has 0 saturated carbocycles. The third kappa shape index (κ3) is 1.66. The smallest absolute Gasteiger partial charge is 0.296 e. The molecule has 12 heavy (non-hydrogen) atoms. The first-order valence-corrected chi connectivity index (χ1v) is 4.39. The Morgan fingerprint density at radius 1 is 1.42 bits per heavy atom. The maximum Gasteiger partial charge on any atom is 0.296 e. The molecule has 0 bridgehead atoms. The second-order valence-electron chi connectivity index (χ2n) is 2.18. The van der Waals surface area contributed by atoms with E-state index in [1.165, 1.54) is 6.07 Å². The molecule has 6 heteroatoms. The van der Waals surface area contributed by atoms with Crippen LogP contribution in [0.2, 0.25) is 0 Å². The van der Waals surface area contributed by atoms with Crippen molar-refractivity contribution in [1.29, 1.82) is 0 Å². The SMILES string of the molecule is Nc1[c]cc(S(=O)(=O)O)c(N)c1. The van der Waals surface area contributed by atoms with Crippen molar-refractivity contribution in [3.8, 4) is 0 Å². The van der Waals surface area contributed by atoms with Gasteiger partial charge in [-0.15, -0.1) is 0 Å². The van der Waals surface area contributed by atoms with Crippen LogP contribution in [0.25, 0.3) is 0 Å². The predicted octanol–water partition coefficient (Wildman–Crippen LogP) is -0.102. The number of anilines is 2. The van der Waals surface area contributed by atoms with E-state index in [9.17, 15) is 8.42 Å². The zero-order valence-electron chi connectivity index (χ0n) is 5.98. The van der Waals surface area contributed by atoms with Crippen molar-refractivity contribution in [1.82, 2.24) is 0 Å². The van der Waals surface area contributed by atoms with E-state index in [0.29, 0.717) is 0 Å². The maximum atomic E-state index is 10.6. The number of hydrogen-bond donors (Lipinski definition) is 3. The lowest BCUT2D eigenvalue weighted by molar-refractivity contribution is 0.483. The van der Waals surface area contributed by atoms with Gasteiger partial charge in [-0.25, -0.2) is 0 Å². The summed E-state index contributed by atoms with van der Waals surface area (Å²) >= 11 is 0. The monoisotopic (exact) mass is 187 g/mol. The Morgan fingerprint density at radius 3 is 2.42 bits per heavy atom. The van der Waals surface area contributed by atoms with Crippen LogP contribution in [0, 0.1) is 6.07 Å². The minimum atomic E-state index is -4.26. The Morgan fingerprint density at radius 2 is 2.00 bits per heavy atom. The van der Waals surface area contributed by atoms with E-state index in [4.69, 9.17) is 16.0 Å². The van der Waals surface area contributed by atoms with Crippen molar-refractivity contribution in [2.45, 2.75) is 4.90 Å². The lowest BCUT2D eigenvalue weighted by Crippen LogP contribution is -2.03. The fraction of sp³-hybridized carbons (Fsp3) is 0. The number of nitrogens with two attached hydrogens (primary N) is 2. The van der Waals surface area contributed by atoms with Gasteiger partial charge >= 0.3 is 0 Å². The molecule has 5 N–H and O–H groups in total. The molecule has 1 aromatic carbocycles. The van der Waals surface area contributed by atoms with Gasteiger partial charge in [-0.3, -0.25) is 4.55 Å². The summed E-state index contributed by atoms with van der Waals surface area (Å²) < 4.78 is 29.8. The van der Waals surface area contributed by atoms with Gasteiger partial charge in [0.05, 0.1) is 5.69 Å². The predicted molar refractivity (Wildman–Crippen MR) is 43.9 cm³/mol. The first-order valence-electron chi connectivity index (χ1n) is 2.95. The van der Waals surface area contributed by atoms with E-state index in [-0.39, 0.29) is 16.3 Å². The Hall–Kier alpha value is -1.27. The van der Waals surface area contributed by atoms with Crippen molar-refractivity contribution >= 4 is 21.5 Å². The Labute approximate surface area is 69.7 Å². The Bertz CT molecular complexity index is 399. The molecule has 1 aromatic rings. The molecule has 5 nitrogen and oxygen atoms in total. The third-order valence-corrected chi connectivity index (χ3v) is 2.15. The molecule has 0 heterocycles. The third-order valence-electron chi connectivity index (χ3n) is 1.24. The highest BCUT2D eigenvalue weighted by Crippen LogP contribution is 2.19. The zero-order valence-corrected chi connectivity index (χ0v) is 6.80. The molecule has 0 amide bonds. The van der Waals surface area contributed by atoms with Crippen LogP contribution in [0.15, 0.2) is 17.0 Å². The van der Waals surface area contributed by atoms with Gasteiger partial charge in [0.15, 0.2) is 0 Å². The van der Waals surface area contributed by atoms with E-state index in [1.807, 2.05) is 0 Å². The summed E-state index contributed by atoms with van der Waals surface area (Å²) in [4.78, 5) is -0.378. The average Bonchev–Trinajstić information content (AvgIpc) is 1.83. The molecular formula is C6H7N2O3S. The second-order valence-corrected chi connectivity index (χ2v) is 3.57. The molecule has 1 radical (unpaired) electrons. The van der Waals surface area contributed by atoms with Crippen molar-refractivity contribution < 1.29 is 13.0 Å². The van der Waals surface area contributed by atoms with Crippen molar-refractivity contribution in [2.75, 3.05) is 11.5 Å². The molecule has 0 aromatic heterocycles. The first kappa shape index (κ1) is 8.82. The highest BCUT2D eigenvalue weighted by atomic mass is 32.2. The van der Waals surface area contributed by atoms with Gasteiger partial charge in [-0.1, -0.05) is 0 Å².